The van der Waals surface area contributed by atoms with Crippen molar-refractivity contribution in [3.05, 3.63) is 0 Å². The molecule has 0 amide bonds. The third-order valence-electron chi connectivity index (χ3n) is 6.09. The molecule has 1 aliphatic carbocycles. The van der Waals surface area contributed by atoms with Gasteiger partial charge in [-0.3, -0.25) is 4.79 Å². The van der Waals surface area contributed by atoms with Crippen molar-refractivity contribution in [2.45, 2.75) is 63.8 Å². The summed E-state index contributed by atoms with van der Waals surface area (Å²) in [7, 11) is 0. The van der Waals surface area contributed by atoms with Gasteiger partial charge in [0.05, 0.1) is 12.0 Å². The van der Waals surface area contributed by atoms with Gasteiger partial charge in [0.25, 0.3) is 0 Å². The molecular formula is C15H22O6. The van der Waals surface area contributed by atoms with Crippen LogP contribution in [0.3, 0.4) is 0 Å². The Bertz CT molecular complexity index is 477. The van der Waals surface area contributed by atoms with Crippen LogP contribution in [0.2, 0.25) is 0 Å². The Labute approximate surface area is 123 Å². The highest BCUT2D eigenvalue weighted by molar-refractivity contribution is 5.74. The van der Waals surface area contributed by atoms with Gasteiger partial charge in [-0.25, -0.2) is 9.78 Å². The lowest BCUT2D eigenvalue weighted by molar-refractivity contribution is -0.560. The molecule has 0 aromatic heterocycles. The molecule has 4 aliphatic heterocycles. The summed E-state index contributed by atoms with van der Waals surface area (Å²) >= 11 is 0. The average molecular weight is 298 g/mol. The maximum Gasteiger partial charge on any atom is 0.311 e. The summed E-state index contributed by atoms with van der Waals surface area (Å²) in [5.41, 5.74) is -0.790. The molecule has 5 fully saturated rings. The number of carbonyl (C=O) groups excluding carboxylic acids is 1. The number of ether oxygens (including phenoxy) is 2. The van der Waals surface area contributed by atoms with Crippen molar-refractivity contribution in [3.63, 3.8) is 0 Å². The lowest BCUT2D eigenvalue weighted by atomic mass is 9.57. The van der Waals surface area contributed by atoms with Crippen LogP contribution in [0.15, 0.2) is 0 Å². The van der Waals surface area contributed by atoms with E-state index in [4.69, 9.17) is 19.2 Å². The van der Waals surface area contributed by atoms with Gasteiger partial charge in [-0.2, -0.15) is 0 Å². The van der Waals surface area contributed by atoms with Gasteiger partial charge >= 0.3 is 5.97 Å². The first-order valence-corrected chi connectivity index (χ1v) is 7.80. The summed E-state index contributed by atoms with van der Waals surface area (Å²) in [5.74, 6) is -1.54. The Morgan fingerprint density at radius 1 is 1.24 bits per heavy atom. The molecule has 21 heavy (non-hydrogen) atoms. The fourth-order valence-corrected chi connectivity index (χ4v) is 4.72. The molecule has 1 saturated carbocycles. The molecule has 4 saturated heterocycles. The van der Waals surface area contributed by atoms with Crippen LogP contribution in [0.5, 0.6) is 0 Å². The van der Waals surface area contributed by atoms with Gasteiger partial charge in [-0.05, 0) is 25.7 Å². The minimum atomic E-state index is -0.886. The maximum atomic E-state index is 12.1. The molecule has 0 radical (unpaired) electrons. The molecule has 5 rings (SSSR count). The normalized spacial score (nSPS) is 59.1. The number of aliphatic hydroxyl groups excluding tert-OH is 1. The lowest BCUT2D eigenvalue weighted by Gasteiger charge is -2.58. The largest absolute Gasteiger partial charge is 0.432 e. The van der Waals surface area contributed by atoms with Crippen molar-refractivity contribution < 1.29 is 29.1 Å². The molecule has 1 N–H and O–H groups in total. The molecule has 5 aliphatic rings. The smallest absolute Gasteiger partial charge is 0.311 e. The van der Waals surface area contributed by atoms with Crippen molar-refractivity contribution in [2.24, 2.45) is 23.7 Å². The molecule has 6 heteroatoms. The first kappa shape index (κ1) is 13.9. The Balaban J connectivity index is 1.85. The van der Waals surface area contributed by atoms with E-state index in [2.05, 4.69) is 0 Å². The van der Waals surface area contributed by atoms with Crippen LogP contribution in [-0.4, -0.2) is 34.9 Å². The fourth-order valence-electron chi connectivity index (χ4n) is 4.72. The second-order valence-electron chi connectivity index (χ2n) is 7.24. The fraction of sp³-hybridized carbons (Fsp3) is 0.933. The van der Waals surface area contributed by atoms with Crippen molar-refractivity contribution in [1.29, 1.82) is 0 Å². The third kappa shape index (κ3) is 1.64. The number of fused-ring (bicyclic) bond motifs is 2. The molecule has 118 valence electrons. The molecule has 8 atom stereocenters. The highest BCUT2D eigenvalue weighted by Crippen LogP contribution is 2.59. The number of hydrogen-bond acceptors (Lipinski definition) is 6. The average Bonchev–Trinajstić information content (AvgIpc) is 2.66. The first-order valence-electron chi connectivity index (χ1n) is 7.80. The van der Waals surface area contributed by atoms with Crippen molar-refractivity contribution >= 4 is 5.97 Å². The van der Waals surface area contributed by atoms with E-state index in [0.29, 0.717) is 12.8 Å². The summed E-state index contributed by atoms with van der Waals surface area (Å²) in [5, 5.41) is 10.4. The molecule has 6 nitrogen and oxygen atoms in total. The van der Waals surface area contributed by atoms with Crippen LogP contribution in [-0.2, 0) is 24.0 Å². The van der Waals surface area contributed by atoms with Crippen LogP contribution in [0.1, 0.15) is 40.0 Å². The van der Waals surface area contributed by atoms with Crippen LogP contribution >= 0.6 is 0 Å². The number of rotatable bonds is 0. The second kappa shape index (κ2) is 4.19. The van der Waals surface area contributed by atoms with Crippen LogP contribution in [0, 0.1) is 23.7 Å². The summed E-state index contributed by atoms with van der Waals surface area (Å²) in [4.78, 5) is 23.6. The summed E-state index contributed by atoms with van der Waals surface area (Å²) in [6, 6.07) is 0. The summed E-state index contributed by atoms with van der Waals surface area (Å²) in [6.07, 6.45) is 0.812. The molecule has 0 aromatic carbocycles. The standard InChI is InChI=1S/C15H22O6/c1-7-9-4-5-14(3)19-13-15(9,21-20-14)10(6-11(7)16)8(2)12(17)18-13/h7-11,13,16H,4-6H2,1-3H3/t7-,8+,9-,10-,11+,13+,14?,15+/m0/s1. The van der Waals surface area contributed by atoms with Gasteiger partial charge in [-0.1, -0.05) is 13.8 Å². The summed E-state index contributed by atoms with van der Waals surface area (Å²) in [6.45, 7) is 5.67. The van der Waals surface area contributed by atoms with Gasteiger partial charge in [0, 0.05) is 18.3 Å². The van der Waals surface area contributed by atoms with E-state index in [9.17, 15) is 9.90 Å². The van der Waals surface area contributed by atoms with E-state index < -0.39 is 23.8 Å². The zero-order chi connectivity index (χ0) is 15.0. The van der Waals surface area contributed by atoms with Gasteiger partial charge in [0.15, 0.2) is 5.60 Å². The molecule has 0 aromatic rings. The zero-order valence-corrected chi connectivity index (χ0v) is 12.6. The van der Waals surface area contributed by atoms with Crippen molar-refractivity contribution in [2.75, 3.05) is 0 Å². The van der Waals surface area contributed by atoms with E-state index in [1.54, 1.807) is 6.92 Å². The number of carbonyl (C=O) groups is 1. The van der Waals surface area contributed by atoms with Crippen LogP contribution < -0.4 is 0 Å². The predicted molar refractivity (Wildman–Crippen MR) is 69.4 cm³/mol. The van der Waals surface area contributed by atoms with Gasteiger partial charge in [-0.15, -0.1) is 0 Å². The minimum absolute atomic E-state index is 0.0520. The Kier molecular flexibility index (Phi) is 2.78. The van der Waals surface area contributed by atoms with Gasteiger partial charge in [0.1, 0.15) is 0 Å². The van der Waals surface area contributed by atoms with Crippen LogP contribution in [0.4, 0.5) is 0 Å². The van der Waals surface area contributed by atoms with E-state index >= 15 is 0 Å². The second-order valence-corrected chi connectivity index (χ2v) is 7.24. The van der Waals surface area contributed by atoms with E-state index in [1.807, 2.05) is 13.8 Å². The summed E-state index contributed by atoms with van der Waals surface area (Å²) < 4.78 is 11.5. The third-order valence-corrected chi connectivity index (χ3v) is 6.09. The number of esters is 1. The van der Waals surface area contributed by atoms with Crippen molar-refractivity contribution in [1.82, 2.24) is 0 Å². The predicted octanol–water partition coefficient (Wildman–Crippen LogP) is 1.37. The monoisotopic (exact) mass is 298 g/mol. The molecule has 1 unspecified atom stereocenters. The highest BCUT2D eigenvalue weighted by Gasteiger charge is 2.71. The Hall–Kier alpha value is -0.690. The molecule has 4 heterocycles. The zero-order valence-electron chi connectivity index (χ0n) is 12.6. The Morgan fingerprint density at radius 2 is 2.00 bits per heavy atom. The maximum absolute atomic E-state index is 12.1. The SMILES string of the molecule is C[C@@H]1[C@H](O)C[C@H]2[C@@H](C)C(=O)O[C@@H]3OC4(C)CC[C@@H]1[C@]32OO4. The van der Waals surface area contributed by atoms with Crippen LogP contribution in [0.25, 0.3) is 0 Å². The van der Waals surface area contributed by atoms with Gasteiger partial charge < -0.3 is 14.6 Å². The quantitative estimate of drug-likeness (QED) is 0.538. The van der Waals surface area contributed by atoms with Crippen molar-refractivity contribution in [3.8, 4) is 0 Å². The highest BCUT2D eigenvalue weighted by atomic mass is 17.3. The molecule has 1 spiro atoms. The number of hydrogen-bond donors (Lipinski definition) is 1. The molecular weight excluding hydrogens is 276 g/mol. The number of aliphatic hydroxyl groups is 1. The van der Waals surface area contributed by atoms with E-state index in [0.717, 1.165) is 6.42 Å². The Morgan fingerprint density at radius 3 is 2.76 bits per heavy atom. The lowest BCUT2D eigenvalue weighted by Crippen LogP contribution is -2.71. The van der Waals surface area contributed by atoms with E-state index in [1.165, 1.54) is 0 Å². The van der Waals surface area contributed by atoms with Gasteiger partial charge in [0.2, 0.25) is 12.1 Å². The minimum Gasteiger partial charge on any atom is -0.432 e. The topological polar surface area (TPSA) is 74.2 Å². The van der Waals surface area contributed by atoms with E-state index in [-0.39, 0.29) is 29.6 Å². The first-order chi connectivity index (χ1) is 9.87. The molecule has 2 bridgehead atoms.